The molecule has 0 amide bonds. The van der Waals surface area contributed by atoms with Crippen LogP contribution in [0.3, 0.4) is 0 Å². The van der Waals surface area contributed by atoms with Crippen LogP contribution in [0, 0.1) is 23.7 Å². The quantitative estimate of drug-likeness (QED) is 0.329. The van der Waals surface area contributed by atoms with E-state index in [1.807, 2.05) is 14.2 Å². The maximum atomic E-state index is 5.63. The highest BCUT2D eigenvalue weighted by Crippen LogP contribution is 2.42. The van der Waals surface area contributed by atoms with Gasteiger partial charge in [0.2, 0.25) is 0 Å². The van der Waals surface area contributed by atoms with E-state index >= 15 is 0 Å². The molecular weight excluding hydrogens is 318 g/mol. The smallest absolute Gasteiger partial charge is 0.293 e. The summed E-state index contributed by atoms with van der Waals surface area (Å²) in [6.07, 6.45) is 21.3. The molecule has 0 radical (unpaired) electrons. The summed E-state index contributed by atoms with van der Waals surface area (Å²) in [6, 6.07) is 0. The van der Waals surface area contributed by atoms with E-state index in [1.165, 1.54) is 76.6 Å². The van der Waals surface area contributed by atoms with Crippen molar-refractivity contribution in [3.8, 4) is 0 Å². The standard InChI is InChI=1S/C22H36B2O2/c1-25-23-13-19-7-17(8-20(11-19)14-23)5-3-4-6-18-9-21-12-22(10-18)16-24(15-21)26-2/h7,9,19-22H,3-6,8,10-16H2,1-2H3. The van der Waals surface area contributed by atoms with Gasteiger partial charge < -0.3 is 9.31 Å². The fraction of sp³-hybridized carbons (Fsp3) is 0.818. The maximum Gasteiger partial charge on any atom is 0.293 e. The van der Waals surface area contributed by atoms with E-state index in [-0.39, 0.29) is 0 Å². The molecule has 0 N–H and O–H groups in total. The minimum atomic E-state index is 0.520. The van der Waals surface area contributed by atoms with Crippen molar-refractivity contribution in [3.63, 3.8) is 0 Å². The lowest BCUT2D eigenvalue weighted by Crippen LogP contribution is -2.32. The van der Waals surface area contributed by atoms with Crippen LogP contribution >= 0.6 is 0 Å². The molecule has 4 aliphatic rings. The number of hydrogen-bond acceptors (Lipinski definition) is 2. The average Bonchev–Trinajstić information content (AvgIpc) is 2.63. The van der Waals surface area contributed by atoms with Gasteiger partial charge in [-0.1, -0.05) is 23.3 Å². The van der Waals surface area contributed by atoms with Crippen LogP contribution in [0.1, 0.15) is 51.4 Å². The van der Waals surface area contributed by atoms with E-state index in [1.54, 1.807) is 11.1 Å². The molecule has 142 valence electrons. The maximum absolute atomic E-state index is 5.63. The van der Waals surface area contributed by atoms with Crippen LogP contribution < -0.4 is 0 Å². The van der Waals surface area contributed by atoms with Crippen molar-refractivity contribution in [1.82, 2.24) is 0 Å². The normalized spacial score (nSPS) is 33.8. The van der Waals surface area contributed by atoms with Gasteiger partial charge in [0.1, 0.15) is 0 Å². The van der Waals surface area contributed by atoms with Gasteiger partial charge in [0.05, 0.1) is 0 Å². The summed E-state index contributed by atoms with van der Waals surface area (Å²) in [7, 11) is 3.78. The van der Waals surface area contributed by atoms with Crippen molar-refractivity contribution in [2.45, 2.75) is 76.6 Å². The average molecular weight is 354 g/mol. The zero-order valence-corrected chi connectivity index (χ0v) is 16.9. The summed E-state index contributed by atoms with van der Waals surface area (Å²) in [5, 5.41) is 0. The van der Waals surface area contributed by atoms with Gasteiger partial charge in [-0.15, -0.1) is 0 Å². The minimum Gasteiger partial charge on any atom is -0.438 e. The highest BCUT2D eigenvalue weighted by molar-refractivity contribution is 6.52. The van der Waals surface area contributed by atoms with Crippen molar-refractivity contribution in [2.75, 3.05) is 14.2 Å². The van der Waals surface area contributed by atoms with Crippen LogP contribution in [0.2, 0.25) is 25.3 Å². The van der Waals surface area contributed by atoms with E-state index in [0.717, 1.165) is 23.7 Å². The molecule has 0 aromatic carbocycles. The predicted octanol–water partition coefficient (Wildman–Crippen LogP) is 5.76. The van der Waals surface area contributed by atoms with E-state index in [4.69, 9.17) is 9.31 Å². The van der Waals surface area contributed by atoms with E-state index in [2.05, 4.69) is 12.2 Å². The van der Waals surface area contributed by atoms with E-state index in [9.17, 15) is 0 Å². The Morgan fingerprint density at radius 2 is 1.23 bits per heavy atom. The zero-order valence-electron chi connectivity index (χ0n) is 16.9. The molecule has 2 fully saturated rings. The monoisotopic (exact) mass is 354 g/mol. The molecule has 4 unspecified atom stereocenters. The number of allylic oxidation sites excluding steroid dienone is 4. The third-order valence-corrected chi connectivity index (χ3v) is 7.55. The van der Waals surface area contributed by atoms with Crippen molar-refractivity contribution in [3.05, 3.63) is 23.3 Å². The van der Waals surface area contributed by atoms with Crippen molar-refractivity contribution >= 4 is 13.8 Å². The second-order valence-corrected chi connectivity index (χ2v) is 9.65. The second-order valence-electron chi connectivity index (χ2n) is 9.65. The summed E-state index contributed by atoms with van der Waals surface area (Å²) >= 11 is 0. The lowest BCUT2D eigenvalue weighted by Gasteiger charge is -2.36. The second kappa shape index (κ2) is 8.69. The van der Waals surface area contributed by atoms with E-state index in [0.29, 0.717) is 13.8 Å². The Morgan fingerprint density at radius 3 is 1.62 bits per heavy atom. The van der Waals surface area contributed by atoms with Crippen LogP contribution in [0.15, 0.2) is 23.3 Å². The molecule has 26 heavy (non-hydrogen) atoms. The molecule has 4 heteroatoms. The molecule has 4 atom stereocenters. The molecule has 2 aliphatic carbocycles. The molecule has 4 rings (SSSR count). The highest BCUT2D eigenvalue weighted by atomic mass is 16.4. The topological polar surface area (TPSA) is 18.5 Å². The Bertz CT molecular complexity index is 496. The Kier molecular flexibility index (Phi) is 6.31. The zero-order chi connectivity index (χ0) is 17.9. The van der Waals surface area contributed by atoms with Gasteiger partial charge in [-0.05, 0) is 100 Å². The van der Waals surface area contributed by atoms with Crippen LogP contribution in [-0.4, -0.2) is 28.1 Å². The fourth-order valence-corrected chi connectivity index (χ4v) is 6.46. The summed E-state index contributed by atoms with van der Waals surface area (Å²) in [5.41, 5.74) is 3.52. The first kappa shape index (κ1) is 18.9. The molecule has 0 aromatic heterocycles. The number of fused-ring (bicyclic) bond motifs is 4. The Balaban J connectivity index is 1.20. The van der Waals surface area contributed by atoms with Gasteiger partial charge >= 0.3 is 0 Å². The van der Waals surface area contributed by atoms with Crippen LogP contribution in [0.25, 0.3) is 0 Å². The Morgan fingerprint density at radius 1 is 0.769 bits per heavy atom. The summed E-state index contributed by atoms with van der Waals surface area (Å²) in [4.78, 5) is 0. The lowest BCUT2D eigenvalue weighted by atomic mass is 9.47. The number of rotatable bonds is 7. The van der Waals surface area contributed by atoms with Crippen molar-refractivity contribution in [2.24, 2.45) is 23.7 Å². The van der Waals surface area contributed by atoms with Gasteiger partial charge in [-0.25, -0.2) is 0 Å². The van der Waals surface area contributed by atoms with Crippen LogP contribution in [0.5, 0.6) is 0 Å². The molecule has 4 bridgehead atoms. The Labute approximate surface area is 161 Å². The summed E-state index contributed by atoms with van der Waals surface area (Å²) in [5.74, 6) is 3.40. The van der Waals surface area contributed by atoms with Crippen LogP contribution in [-0.2, 0) is 9.31 Å². The molecule has 0 spiro atoms. The molecule has 2 saturated heterocycles. The Hall–Kier alpha value is -0.470. The molecule has 2 heterocycles. The number of unbranched alkanes of at least 4 members (excludes halogenated alkanes) is 1. The third kappa shape index (κ3) is 4.68. The largest absolute Gasteiger partial charge is 0.438 e. The fourth-order valence-electron chi connectivity index (χ4n) is 6.46. The van der Waals surface area contributed by atoms with Gasteiger partial charge in [0, 0.05) is 14.2 Å². The summed E-state index contributed by atoms with van der Waals surface area (Å²) in [6.45, 7) is 1.04. The van der Waals surface area contributed by atoms with Gasteiger partial charge in [-0.2, -0.15) is 0 Å². The van der Waals surface area contributed by atoms with Gasteiger partial charge in [-0.3, -0.25) is 0 Å². The molecule has 0 aromatic rings. The van der Waals surface area contributed by atoms with Gasteiger partial charge in [0.15, 0.2) is 0 Å². The van der Waals surface area contributed by atoms with Crippen molar-refractivity contribution in [1.29, 1.82) is 0 Å². The third-order valence-electron chi connectivity index (χ3n) is 7.55. The number of hydrogen-bond donors (Lipinski definition) is 0. The molecule has 0 saturated carbocycles. The lowest BCUT2D eigenvalue weighted by molar-refractivity contribution is 0.335. The molecule has 2 aliphatic heterocycles. The highest BCUT2D eigenvalue weighted by Gasteiger charge is 2.35. The van der Waals surface area contributed by atoms with Crippen molar-refractivity contribution < 1.29 is 9.31 Å². The SMILES string of the molecule is COB1CC2C=C(CCCCC3=CC4CB(OC)CC(C3)C4)CC(C1)C2. The molecular formula is C22H36B2O2. The first-order valence-electron chi connectivity index (χ1n) is 11.2. The first-order chi connectivity index (χ1) is 12.7. The minimum absolute atomic E-state index is 0.520. The predicted molar refractivity (Wildman–Crippen MR) is 112 cm³/mol. The van der Waals surface area contributed by atoms with Gasteiger partial charge in [0.25, 0.3) is 13.8 Å². The summed E-state index contributed by atoms with van der Waals surface area (Å²) < 4.78 is 11.3. The molecule has 2 nitrogen and oxygen atoms in total. The van der Waals surface area contributed by atoms with Crippen LogP contribution in [0.4, 0.5) is 0 Å². The van der Waals surface area contributed by atoms with E-state index < -0.39 is 0 Å². The first-order valence-corrected chi connectivity index (χ1v) is 11.2.